The molecule has 2 fully saturated rings. The first-order chi connectivity index (χ1) is 15.7. The van der Waals surface area contributed by atoms with Crippen LogP contribution in [0, 0.1) is 5.92 Å². The Hall–Kier alpha value is -2.71. The number of fused-ring (bicyclic) bond motifs is 2. The second-order valence-corrected chi connectivity index (χ2v) is 10.1. The van der Waals surface area contributed by atoms with Gasteiger partial charge in [-0.2, -0.15) is 0 Å². The summed E-state index contributed by atoms with van der Waals surface area (Å²) in [4.78, 5) is 28.0. The van der Waals surface area contributed by atoms with Gasteiger partial charge < -0.3 is 19.6 Å². The Balaban J connectivity index is 1.44. The van der Waals surface area contributed by atoms with Gasteiger partial charge in [0, 0.05) is 31.7 Å². The van der Waals surface area contributed by atoms with Gasteiger partial charge in [-0.05, 0) is 37.0 Å². The number of thiophene rings is 1. The van der Waals surface area contributed by atoms with Crippen LogP contribution in [0.25, 0.3) is 32.4 Å². The van der Waals surface area contributed by atoms with E-state index in [0.29, 0.717) is 11.4 Å². The lowest BCUT2D eigenvalue weighted by atomic mass is 9.95. The van der Waals surface area contributed by atoms with E-state index >= 15 is 0 Å². The molecule has 1 aromatic carbocycles. The molecule has 6 rings (SSSR count). The van der Waals surface area contributed by atoms with Crippen LogP contribution in [-0.2, 0) is 0 Å². The van der Waals surface area contributed by atoms with Crippen molar-refractivity contribution in [1.82, 2.24) is 19.5 Å². The summed E-state index contributed by atoms with van der Waals surface area (Å²) in [5.41, 5.74) is 3.85. The van der Waals surface area contributed by atoms with E-state index in [2.05, 4.69) is 37.6 Å². The minimum atomic E-state index is -0.109. The zero-order valence-corrected chi connectivity index (χ0v) is 18.8. The standard InChI is InChI=1S/C24H27N5O2S/c30-12-15-8-9-28(11-15)24-20-21(25-13-26-23(20)31)22(32-24)16-6-7-19-18(10-16)27-14-29(19)17-4-2-1-3-5-17/h6-7,10,13-15,17,30H,1-5,8-9,11-12H2,(H,25,26,31)/t15-/m1/s1. The van der Waals surface area contributed by atoms with E-state index < -0.39 is 0 Å². The first kappa shape index (κ1) is 19.9. The van der Waals surface area contributed by atoms with Gasteiger partial charge in [-0.3, -0.25) is 4.79 Å². The van der Waals surface area contributed by atoms with Gasteiger partial charge in [-0.25, -0.2) is 9.97 Å². The molecule has 1 aliphatic heterocycles. The SMILES string of the molecule is O=c1[nH]cnc2c(-c3ccc4c(c3)ncn4C3CCCCC3)sc(N3CC[C@@H](CO)C3)c12. The predicted octanol–water partition coefficient (Wildman–Crippen LogP) is 4.33. The molecule has 2 N–H and O–H groups in total. The number of anilines is 1. The second kappa shape index (κ2) is 8.01. The minimum absolute atomic E-state index is 0.109. The molecule has 7 nitrogen and oxygen atoms in total. The number of nitrogens with one attached hydrogen (secondary N) is 1. The molecule has 0 spiro atoms. The first-order valence-electron chi connectivity index (χ1n) is 11.6. The summed E-state index contributed by atoms with van der Waals surface area (Å²) < 4.78 is 2.35. The van der Waals surface area contributed by atoms with Crippen molar-refractivity contribution in [3.8, 4) is 10.4 Å². The molecular formula is C24H27N5O2S. The molecule has 166 valence electrons. The van der Waals surface area contributed by atoms with Crippen molar-refractivity contribution in [2.45, 2.75) is 44.6 Å². The van der Waals surface area contributed by atoms with Crippen LogP contribution in [0.5, 0.6) is 0 Å². The van der Waals surface area contributed by atoms with Gasteiger partial charge in [0.15, 0.2) is 0 Å². The topological polar surface area (TPSA) is 87.0 Å². The zero-order valence-electron chi connectivity index (χ0n) is 18.0. The van der Waals surface area contributed by atoms with E-state index in [1.54, 1.807) is 11.3 Å². The molecule has 0 unspecified atom stereocenters. The third-order valence-electron chi connectivity index (χ3n) is 7.12. The quantitative estimate of drug-likeness (QED) is 0.484. The van der Waals surface area contributed by atoms with Gasteiger partial charge >= 0.3 is 0 Å². The molecular weight excluding hydrogens is 422 g/mol. The maximum Gasteiger partial charge on any atom is 0.261 e. The van der Waals surface area contributed by atoms with Crippen molar-refractivity contribution in [1.29, 1.82) is 0 Å². The number of aromatic amines is 1. The summed E-state index contributed by atoms with van der Waals surface area (Å²) in [5, 5.41) is 11.2. The Morgan fingerprint density at radius 2 is 2.03 bits per heavy atom. The molecule has 0 amide bonds. The molecule has 8 heteroatoms. The number of benzene rings is 1. The Bertz CT molecular complexity index is 1330. The monoisotopic (exact) mass is 449 g/mol. The lowest BCUT2D eigenvalue weighted by molar-refractivity contribution is 0.239. The highest BCUT2D eigenvalue weighted by atomic mass is 32.1. The normalized spacial score (nSPS) is 20.0. The molecule has 0 radical (unpaired) electrons. The van der Waals surface area contributed by atoms with E-state index in [1.165, 1.54) is 43.9 Å². The van der Waals surface area contributed by atoms with Crippen LogP contribution < -0.4 is 10.5 Å². The van der Waals surface area contributed by atoms with Crippen molar-refractivity contribution < 1.29 is 5.11 Å². The van der Waals surface area contributed by atoms with E-state index in [9.17, 15) is 9.90 Å². The fourth-order valence-corrected chi connectivity index (χ4v) is 6.65. The number of hydrogen-bond donors (Lipinski definition) is 2. The number of nitrogens with zero attached hydrogens (tertiary/aromatic N) is 4. The van der Waals surface area contributed by atoms with Crippen molar-refractivity contribution in [3.63, 3.8) is 0 Å². The maximum atomic E-state index is 12.8. The molecule has 1 aliphatic carbocycles. The molecule has 0 bridgehead atoms. The molecule has 1 atom stereocenters. The molecule has 4 heterocycles. The van der Waals surface area contributed by atoms with E-state index in [1.807, 2.05) is 6.33 Å². The van der Waals surface area contributed by atoms with Gasteiger partial charge in [0.1, 0.15) is 10.4 Å². The smallest absolute Gasteiger partial charge is 0.261 e. The Kier molecular flexibility index (Phi) is 4.99. The van der Waals surface area contributed by atoms with Gasteiger partial charge in [0.25, 0.3) is 5.56 Å². The van der Waals surface area contributed by atoms with Crippen LogP contribution in [0.2, 0.25) is 0 Å². The van der Waals surface area contributed by atoms with Gasteiger partial charge in [0.05, 0.1) is 34.1 Å². The Labute approximate surface area is 189 Å². The summed E-state index contributed by atoms with van der Waals surface area (Å²) in [6.07, 6.45) is 10.8. The van der Waals surface area contributed by atoms with Crippen LogP contribution in [0.15, 0.2) is 35.6 Å². The van der Waals surface area contributed by atoms with Gasteiger partial charge in [-0.1, -0.05) is 25.3 Å². The number of aliphatic hydroxyl groups is 1. The third-order valence-corrected chi connectivity index (χ3v) is 8.41. The number of rotatable bonds is 4. The van der Waals surface area contributed by atoms with Crippen LogP contribution >= 0.6 is 11.3 Å². The van der Waals surface area contributed by atoms with Crippen molar-refractivity contribution in [2.75, 3.05) is 24.6 Å². The Morgan fingerprint density at radius 1 is 1.16 bits per heavy atom. The van der Waals surface area contributed by atoms with Crippen LogP contribution in [0.3, 0.4) is 0 Å². The zero-order chi connectivity index (χ0) is 21.7. The van der Waals surface area contributed by atoms with E-state index in [-0.39, 0.29) is 18.1 Å². The summed E-state index contributed by atoms with van der Waals surface area (Å²) in [7, 11) is 0. The molecule has 32 heavy (non-hydrogen) atoms. The molecule has 4 aromatic rings. The maximum absolute atomic E-state index is 12.8. The average molecular weight is 450 g/mol. The number of aromatic nitrogens is 4. The average Bonchev–Trinajstić information content (AvgIpc) is 3.56. The summed E-state index contributed by atoms with van der Waals surface area (Å²) >= 11 is 1.62. The van der Waals surface area contributed by atoms with Gasteiger partial charge in [0.2, 0.25) is 0 Å². The second-order valence-electron chi connectivity index (χ2n) is 9.12. The van der Waals surface area contributed by atoms with Crippen molar-refractivity contribution in [2.24, 2.45) is 5.92 Å². The van der Waals surface area contributed by atoms with Crippen LogP contribution in [-0.4, -0.2) is 44.3 Å². The number of aliphatic hydroxyl groups excluding tert-OH is 1. The summed E-state index contributed by atoms with van der Waals surface area (Å²) in [6, 6.07) is 6.99. The number of hydrogen-bond acceptors (Lipinski definition) is 6. The summed E-state index contributed by atoms with van der Waals surface area (Å²) in [5.74, 6) is 0.256. The Morgan fingerprint density at radius 3 is 2.84 bits per heavy atom. The highest BCUT2D eigenvalue weighted by Gasteiger charge is 2.28. The fourth-order valence-electron chi connectivity index (χ4n) is 5.37. The highest BCUT2D eigenvalue weighted by Crippen LogP contribution is 2.43. The predicted molar refractivity (Wildman–Crippen MR) is 128 cm³/mol. The van der Waals surface area contributed by atoms with Gasteiger partial charge in [-0.15, -0.1) is 11.3 Å². The van der Waals surface area contributed by atoms with Crippen LogP contribution in [0.4, 0.5) is 5.00 Å². The lowest BCUT2D eigenvalue weighted by Crippen LogP contribution is -2.21. The molecule has 3 aromatic heterocycles. The summed E-state index contributed by atoms with van der Waals surface area (Å²) in [6.45, 7) is 1.80. The number of H-pyrrole nitrogens is 1. The third kappa shape index (κ3) is 3.24. The van der Waals surface area contributed by atoms with E-state index in [4.69, 9.17) is 4.98 Å². The molecule has 2 aliphatic rings. The van der Waals surface area contributed by atoms with Crippen LogP contribution in [0.1, 0.15) is 44.6 Å². The van der Waals surface area contributed by atoms with Crippen molar-refractivity contribution >= 4 is 38.3 Å². The molecule has 1 saturated heterocycles. The first-order valence-corrected chi connectivity index (χ1v) is 12.4. The highest BCUT2D eigenvalue weighted by molar-refractivity contribution is 7.21. The lowest BCUT2D eigenvalue weighted by Gasteiger charge is -2.23. The number of imidazole rings is 1. The van der Waals surface area contributed by atoms with E-state index in [0.717, 1.165) is 46.0 Å². The molecule has 1 saturated carbocycles. The fraction of sp³-hybridized carbons (Fsp3) is 0.458. The largest absolute Gasteiger partial charge is 0.396 e. The minimum Gasteiger partial charge on any atom is -0.396 e. The van der Waals surface area contributed by atoms with Crippen molar-refractivity contribution in [3.05, 3.63) is 41.2 Å².